The number of methoxy groups -OCH3 is 2. The van der Waals surface area contributed by atoms with Gasteiger partial charge in [-0.2, -0.15) is 10.5 Å². The standard InChI is InChI=1S/C19H18N2O5/c1-23-13-4-3-11(7-14(13)24-2)15(22)16-18(9-20,10-21)19(16)6-5-12-8-25-17(19)26-12/h3-4,7,12,16-17H,5-6,8H2,1-2H3/t12-,16+,17-,19-/m0/s1. The molecule has 2 heterocycles. The van der Waals surface area contributed by atoms with Gasteiger partial charge in [0.05, 0.1) is 50.4 Å². The maximum Gasteiger partial charge on any atom is 0.169 e. The van der Waals surface area contributed by atoms with Crippen molar-refractivity contribution in [1.29, 1.82) is 10.5 Å². The fraction of sp³-hybridized carbons (Fsp3) is 0.526. The van der Waals surface area contributed by atoms with E-state index in [0.29, 0.717) is 36.5 Å². The highest BCUT2D eigenvalue weighted by Crippen LogP contribution is 2.76. The van der Waals surface area contributed by atoms with Gasteiger partial charge in [-0.25, -0.2) is 0 Å². The highest BCUT2D eigenvalue weighted by molar-refractivity contribution is 6.03. The summed E-state index contributed by atoms with van der Waals surface area (Å²) in [7, 11) is 3.00. The lowest BCUT2D eigenvalue weighted by atomic mass is 9.86. The molecule has 0 unspecified atom stereocenters. The Morgan fingerprint density at radius 1 is 1.23 bits per heavy atom. The Morgan fingerprint density at radius 2 is 1.96 bits per heavy atom. The van der Waals surface area contributed by atoms with Gasteiger partial charge in [-0.15, -0.1) is 0 Å². The molecule has 1 aliphatic carbocycles. The lowest BCUT2D eigenvalue weighted by Crippen LogP contribution is -2.35. The zero-order valence-electron chi connectivity index (χ0n) is 14.5. The minimum absolute atomic E-state index is 0.0156. The summed E-state index contributed by atoms with van der Waals surface area (Å²) in [6.07, 6.45) is 0.539. The number of nitrogens with zero attached hydrogens (tertiary/aromatic N) is 2. The van der Waals surface area contributed by atoms with Crippen LogP contribution in [0.25, 0.3) is 0 Å². The van der Waals surface area contributed by atoms with E-state index < -0.39 is 23.0 Å². The molecule has 4 rings (SSSR count). The van der Waals surface area contributed by atoms with Crippen LogP contribution < -0.4 is 9.47 Å². The molecular weight excluding hydrogens is 336 g/mol. The van der Waals surface area contributed by atoms with Gasteiger partial charge in [0.2, 0.25) is 0 Å². The highest BCUT2D eigenvalue weighted by Gasteiger charge is 2.86. The smallest absolute Gasteiger partial charge is 0.169 e. The number of nitriles is 2. The van der Waals surface area contributed by atoms with Gasteiger partial charge in [0.1, 0.15) is 0 Å². The molecule has 1 saturated carbocycles. The molecule has 0 aromatic heterocycles. The van der Waals surface area contributed by atoms with Crippen molar-refractivity contribution in [3.05, 3.63) is 23.8 Å². The number of hydrogen-bond acceptors (Lipinski definition) is 7. The van der Waals surface area contributed by atoms with E-state index in [1.807, 2.05) is 0 Å². The van der Waals surface area contributed by atoms with Gasteiger partial charge in [-0.3, -0.25) is 4.79 Å². The summed E-state index contributed by atoms with van der Waals surface area (Å²) in [4.78, 5) is 13.2. The van der Waals surface area contributed by atoms with Gasteiger partial charge in [-0.1, -0.05) is 0 Å². The second kappa shape index (κ2) is 5.70. The van der Waals surface area contributed by atoms with Crippen LogP contribution in [0, 0.1) is 39.4 Å². The zero-order chi connectivity index (χ0) is 18.5. The summed E-state index contributed by atoms with van der Waals surface area (Å²) >= 11 is 0. The van der Waals surface area contributed by atoms with E-state index >= 15 is 0 Å². The quantitative estimate of drug-likeness (QED) is 0.763. The van der Waals surface area contributed by atoms with Crippen LogP contribution in [0.15, 0.2) is 18.2 Å². The molecule has 7 heteroatoms. The molecule has 1 aromatic carbocycles. The van der Waals surface area contributed by atoms with Gasteiger partial charge in [-0.05, 0) is 31.0 Å². The van der Waals surface area contributed by atoms with E-state index in [0.717, 1.165) is 0 Å². The second-order valence-corrected chi connectivity index (χ2v) is 6.90. The van der Waals surface area contributed by atoms with E-state index in [1.165, 1.54) is 14.2 Å². The molecule has 2 saturated heterocycles. The molecule has 3 aliphatic rings. The van der Waals surface area contributed by atoms with E-state index in [2.05, 4.69) is 12.1 Å². The van der Waals surface area contributed by atoms with Gasteiger partial charge in [0.15, 0.2) is 29.0 Å². The second-order valence-electron chi connectivity index (χ2n) is 6.90. The minimum atomic E-state index is -1.43. The Kier molecular flexibility index (Phi) is 3.69. The number of fused-ring (bicyclic) bond motifs is 3. The SMILES string of the molecule is COc1ccc(C(=O)[C@@H]2C(C#N)(C#N)[C@@]23CC[C@H]2CO[C@H]3O2)cc1OC. The van der Waals surface area contributed by atoms with E-state index in [-0.39, 0.29) is 11.9 Å². The van der Waals surface area contributed by atoms with E-state index in [9.17, 15) is 15.3 Å². The van der Waals surface area contributed by atoms with Gasteiger partial charge < -0.3 is 18.9 Å². The van der Waals surface area contributed by atoms with Crippen LogP contribution in [0.3, 0.4) is 0 Å². The lowest BCUT2D eigenvalue weighted by Gasteiger charge is -2.29. The van der Waals surface area contributed by atoms with Crippen molar-refractivity contribution >= 4 is 5.78 Å². The van der Waals surface area contributed by atoms with Crippen LogP contribution >= 0.6 is 0 Å². The average Bonchev–Trinajstić information content (AvgIpc) is 3.06. The molecule has 134 valence electrons. The molecule has 3 fully saturated rings. The first kappa shape index (κ1) is 16.8. The van der Waals surface area contributed by atoms with Crippen molar-refractivity contribution < 1.29 is 23.7 Å². The van der Waals surface area contributed by atoms with Crippen molar-refractivity contribution in [3.8, 4) is 23.6 Å². The number of carbonyl (C=O) groups excluding carboxylic acids is 1. The van der Waals surface area contributed by atoms with Crippen LogP contribution in [0.5, 0.6) is 11.5 Å². The largest absolute Gasteiger partial charge is 0.493 e. The Morgan fingerprint density at radius 3 is 2.62 bits per heavy atom. The third kappa shape index (κ3) is 1.90. The predicted octanol–water partition coefficient (Wildman–Crippen LogP) is 2.07. The molecule has 0 radical (unpaired) electrons. The Hall–Kier alpha value is -2.61. The fourth-order valence-electron chi connectivity index (χ4n) is 4.56. The molecule has 4 atom stereocenters. The highest BCUT2D eigenvalue weighted by atomic mass is 16.7. The maximum absolute atomic E-state index is 13.2. The normalized spacial score (nSPS) is 33.2. The first-order chi connectivity index (χ1) is 12.6. The van der Waals surface area contributed by atoms with Crippen LogP contribution in [0.4, 0.5) is 0 Å². The Balaban J connectivity index is 1.74. The third-order valence-corrected chi connectivity index (χ3v) is 5.93. The number of hydrogen-bond donors (Lipinski definition) is 0. The molecule has 2 aliphatic heterocycles. The molecule has 26 heavy (non-hydrogen) atoms. The molecule has 0 amide bonds. The number of carbonyl (C=O) groups is 1. The zero-order valence-corrected chi connectivity index (χ0v) is 14.5. The Labute approximate surface area is 151 Å². The summed E-state index contributed by atoms with van der Waals surface area (Å²) in [6.45, 7) is 0.441. The summed E-state index contributed by atoms with van der Waals surface area (Å²) in [5.41, 5.74) is -1.97. The topological polar surface area (TPSA) is 102 Å². The maximum atomic E-state index is 13.2. The van der Waals surface area contributed by atoms with Crippen molar-refractivity contribution in [1.82, 2.24) is 0 Å². The monoisotopic (exact) mass is 354 g/mol. The third-order valence-electron chi connectivity index (χ3n) is 5.93. The van der Waals surface area contributed by atoms with Crippen LogP contribution in [0.1, 0.15) is 23.2 Å². The summed E-state index contributed by atoms with van der Waals surface area (Å²) in [6, 6.07) is 9.04. The molecule has 0 N–H and O–H groups in total. The number of Topliss-reactive ketones (excluding diaryl/α,β-unsaturated/α-hetero) is 1. The summed E-state index contributed by atoms with van der Waals surface area (Å²) < 4.78 is 22.0. The predicted molar refractivity (Wildman–Crippen MR) is 87.3 cm³/mol. The van der Waals surface area contributed by atoms with Crippen molar-refractivity contribution in [2.75, 3.05) is 20.8 Å². The fourth-order valence-corrected chi connectivity index (χ4v) is 4.56. The first-order valence-corrected chi connectivity index (χ1v) is 8.43. The molecule has 2 bridgehead atoms. The van der Waals surface area contributed by atoms with Crippen molar-refractivity contribution in [3.63, 3.8) is 0 Å². The molecule has 1 spiro atoms. The summed E-state index contributed by atoms with van der Waals surface area (Å²) in [5.74, 6) is -0.132. The van der Waals surface area contributed by atoms with E-state index in [1.54, 1.807) is 18.2 Å². The molecule has 1 aromatic rings. The number of ketones is 1. The van der Waals surface area contributed by atoms with Crippen LogP contribution in [0.2, 0.25) is 0 Å². The minimum Gasteiger partial charge on any atom is -0.493 e. The average molecular weight is 354 g/mol. The summed E-state index contributed by atoms with van der Waals surface area (Å²) in [5, 5.41) is 19.5. The van der Waals surface area contributed by atoms with Gasteiger partial charge in [0, 0.05) is 5.56 Å². The van der Waals surface area contributed by atoms with Crippen molar-refractivity contribution in [2.45, 2.75) is 25.2 Å². The van der Waals surface area contributed by atoms with Crippen molar-refractivity contribution in [2.24, 2.45) is 16.7 Å². The lowest BCUT2D eigenvalue weighted by molar-refractivity contribution is -0.140. The number of ether oxygens (including phenoxy) is 4. The van der Waals surface area contributed by atoms with Gasteiger partial charge in [0.25, 0.3) is 0 Å². The number of benzene rings is 1. The molecule has 7 nitrogen and oxygen atoms in total. The van der Waals surface area contributed by atoms with Gasteiger partial charge >= 0.3 is 0 Å². The van der Waals surface area contributed by atoms with Crippen LogP contribution in [-0.2, 0) is 9.47 Å². The van der Waals surface area contributed by atoms with E-state index in [4.69, 9.17) is 18.9 Å². The first-order valence-electron chi connectivity index (χ1n) is 8.43. The molecular formula is C19H18N2O5. The Bertz CT molecular complexity index is 840. The van der Waals surface area contributed by atoms with Crippen LogP contribution in [-0.4, -0.2) is 39.0 Å². The number of rotatable bonds is 4.